The van der Waals surface area contributed by atoms with Gasteiger partial charge < -0.3 is 29.4 Å². The van der Waals surface area contributed by atoms with E-state index in [0.29, 0.717) is 65.3 Å². The first-order valence-electron chi connectivity index (χ1n) is 9.03. The molecule has 0 saturated heterocycles. The third-order valence-corrected chi connectivity index (χ3v) is 4.04. The van der Waals surface area contributed by atoms with Crippen LogP contribution in [0, 0.1) is 5.92 Å². The second-order valence-corrected chi connectivity index (χ2v) is 6.03. The van der Waals surface area contributed by atoms with E-state index < -0.39 is 6.09 Å². The Morgan fingerprint density at radius 3 is 2.04 bits per heavy atom. The van der Waals surface area contributed by atoms with Crippen molar-refractivity contribution in [2.75, 3.05) is 59.4 Å². The second-order valence-electron chi connectivity index (χ2n) is 6.03. The topological polar surface area (TPSA) is 135 Å². The molecule has 0 atom stereocenters. The number of hydrogen-bond donors (Lipinski definition) is 2. The van der Waals surface area contributed by atoms with Crippen LogP contribution < -0.4 is 5.32 Å². The lowest BCUT2D eigenvalue weighted by molar-refractivity contribution is -0.00737. The van der Waals surface area contributed by atoms with Gasteiger partial charge in [-0.25, -0.2) is 4.79 Å². The molecule has 0 unspecified atom stereocenters. The third-order valence-electron chi connectivity index (χ3n) is 4.04. The average molecular weight is 374 g/mol. The highest BCUT2D eigenvalue weighted by Gasteiger charge is 2.22. The normalized spacial score (nSPS) is 19.7. The molecule has 1 aliphatic rings. The largest absolute Gasteiger partial charge is 0.465 e. The molecular weight excluding hydrogens is 344 g/mol. The molecular formula is C16H30N4O6. The standard InChI is InChI=1S/C16H30N4O6/c17-20-18-5-6-23-7-8-24-9-10-25-11-12-26-13-14-1-3-15(4-2-14)19-16(21)22/h14-15,19H,1-13H2,(H,21,22). The molecule has 1 saturated carbocycles. The molecule has 1 aliphatic carbocycles. The number of nitrogens with one attached hydrogen (secondary N) is 1. The van der Waals surface area contributed by atoms with Crippen LogP contribution in [0.5, 0.6) is 0 Å². The lowest BCUT2D eigenvalue weighted by Crippen LogP contribution is -2.37. The average Bonchev–Trinajstić information content (AvgIpc) is 2.63. The lowest BCUT2D eigenvalue weighted by atomic mass is 9.86. The number of amides is 1. The summed E-state index contributed by atoms with van der Waals surface area (Å²) in [7, 11) is 0. The van der Waals surface area contributed by atoms with E-state index in [4.69, 9.17) is 29.6 Å². The summed E-state index contributed by atoms with van der Waals surface area (Å²) in [4.78, 5) is 13.2. The van der Waals surface area contributed by atoms with Gasteiger partial charge in [-0.2, -0.15) is 0 Å². The maximum atomic E-state index is 10.6. The van der Waals surface area contributed by atoms with E-state index in [-0.39, 0.29) is 6.04 Å². The van der Waals surface area contributed by atoms with Gasteiger partial charge in [0, 0.05) is 24.1 Å². The van der Waals surface area contributed by atoms with E-state index in [2.05, 4.69) is 15.3 Å². The van der Waals surface area contributed by atoms with Crippen molar-refractivity contribution < 1.29 is 28.8 Å². The first-order valence-corrected chi connectivity index (χ1v) is 9.03. The van der Waals surface area contributed by atoms with Crippen molar-refractivity contribution in [3.63, 3.8) is 0 Å². The van der Waals surface area contributed by atoms with Crippen LogP contribution in [-0.4, -0.2) is 76.6 Å². The molecule has 0 radical (unpaired) electrons. The van der Waals surface area contributed by atoms with Gasteiger partial charge >= 0.3 is 6.09 Å². The van der Waals surface area contributed by atoms with Crippen molar-refractivity contribution in [2.45, 2.75) is 31.7 Å². The fourth-order valence-electron chi connectivity index (χ4n) is 2.71. The molecule has 0 spiro atoms. The van der Waals surface area contributed by atoms with Crippen molar-refractivity contribution in [1.29, 1.82) is 0 Å². The second kappa shape index (κ2) is 15.7. The molecule has 0 heterocycles. The Morgan fingerprint density at radius 1 is 0.962 bits per heavy atom. The minimum Gasteiger partial charge on any atom is -0.465 e. The van der Waals surface area contributed by atoms with E-state index in [1.807, 2.05) is 0 Å². The molecule has 150 valence electrons. The Hall–Kier alpha value is -1.58. The molecule has 10 nitrogen and oxygen atoms in total. The molecule has 0 bridgehead atoms. The summed E-state index contributed by atoms with van der Waals surface area (Å²) < 4.78 is 21.6. The zero-order valence-corrected chi connectivity index (χ0v) is 15.2. The minimum absolute atomic E-state index is 0.0866. The predicted molar refractivity (Wildman–Crippen MR) is 94.2 cm³/mol. The van der Waals surface area contributed by atoms with E-state index in [1.54, 1.807) is 0 Å². The molecule has 2 N–H and O–H groups in total. The van der Waals surface area contributed by atoms with Gasteiger partial charge in [-0.1, -0.05) is 5.11 Å². The van der Waals surface area contributed by atoms with Gasteiger partial charge in [-0.05, 0) is 37.1 Å². The fraction of sp³-hybridized carbons (Fsp3) is 0.938. The summed E-state index contributed by atoms with van der Waals surface area (Å²) >= 11 is 0. The van der Waals surface area contributed by atoms with Crippen molar-refractivity contribution in [3.8, 4) is 0 Å². The Morgan fingerprint density at radius 2 is 1.50 bits per heavy atom. The van der Waals surface area contributed by atoms with Gasteiger partial charge in [0.25, 0.3) is 0 Å². The van der Waals surface area contributed by atoms with Crippen LogP contribution in [-0.2, 0) is 18.9 Å². The SMILES string of the molecule is [N-]=[N+]=NCCOCCOCCOCCOCC1CCC(NC(=O)O)CC1. The smallest absolute Gasteiger partial charge is 0.404 e. The van der Waals surface area contributed by atoms with Gasteiger partial charge in [0.15, 0.2) is 0 Å². The maximum absolute atomic E-state index is 10.6. The van der Waals surface area contributed by atoms with E-state index in [9.17, 15) is 4.79 Å². The van der Waals surface area contributed by atoms with Crippen LogP contribution in [0.4, 0.5) is 4.79 Å². The lowest BCUT2D eigenvalue weighted by Gasteiger charge is -2.28. The Kier molecular flexibility index (Phi) is 13.5. The van der Waals surface area contributed by atoms with Gasteiger partial charge in [0.2, 0.25) is 0 Å². The number of hydrogen-bond acceptors (Lipinski definition) is 6. The molecule has 0 aliphatic heterocycles. The predicted octanol–water partition coefficient (Wildman–Crippen LogP) is 2.19. The van der Waals surface area contributed by atoms with E-state index in [1.165, 1.54) is 0 Å². The van der Waals surface area contributed by atoms with Gasteiger partial charge in [-0.3, -0.25) is 0 Å². The summed E-state index contributed by atoms with van der Waals surface area (Å²) in [5.74, 6) is 0.504. The van der Waals surface area contributed by atoms with Crippen LogP contribution >= 0.6 is 0 Å². The van der Waals surface area contributed by atoms with Crippen LogP contribution in [0.3, 0.4) is 0 Å². The van der Waals surface area contributed by atoms with Crippen molar-refractivity contribution in [1.82, 2.24) is 5.32 Å². The Balaban J connectivity index is 1.79. The number of nitrogens with zero attached hydrogens (tertiary/aromatic N) is 3. The molecule has 0 aromatic carbocycles. The molecule has 26 heavy (non-hydrogen) atoms. The van der Waals surface area contributed by atoms with Gasteiger partial charge in [0.1, 0.15) is 0 Å². The van der Waals surface area contributed by atoms with Crippen LogP contribution in [0.2, 0.25) is 0 Å². The highest BCUT2D eigenvalue weighted by molar-refractivity contribution is 5.64. The van der Waals surface area contributed by atoms with Crippen molar-refractivity contribution in [3.05, 3.63) is 10.4 Å². The highest BCUT2D eigenvalue weighted by atomic mass is 16.6. The number of carboxylic acid groups (broad SMARTS) is 1. The monoisotopic (exact) mass is 374 g/mol. The molecule has 1 fully saturated rings. The number of rotatable bonds is 15. The summed E-state index contributed by atoms with van der Waals surface area (Å²) in [6, 6.07) is 0.0866. The maximum Gasteiger partial charge on any atom is 0.404 e. The quantitative estimate of drug-likeness (QED) is 0.195. The molecule has 0 aromatic heterocycles. The zero-order chi connectivity index (χ0) is 18.9. The summed E-state index contributed by atoms with van der Waals surface area (Å²) in [5, 5.41) is 14.6. The van der Waals surface area contributed by atoms with Gasteiger partial charge in [-0.15, -0.1) is 0 Å². The first kappa shape index (κ1) is 22.5. The third kappa shape index (κ3) is 12.7. The minimum atomic E-state index is -0.941. The Bertz CT molecular complexity index is 412. The fourth-order valence-corrected chi connectivity index (χ4v) is 2.71. The molecule has 10 heteroatoms. The summed E-state index contributed by atoms with van der Waals surface area (Å²) in [6.45, 7) is 4.47. The summed E-state index contributed by atoms with van der Waals surface area (Å²) in [5.41, 5.74) is 8.08. The molecule has 0 aromatic rings. The summed E-state index contributed by atoms with van der Waals surface area (Å²) in [6.07, 6.45) is 2.80. The van der Waals surface area contributed by atoms with Crippen LogP contribution in [0.25, 0.3) is 10.4 Å². The first-order chi connectivity index (χ1) is 12.7. The van der Waals surface area contributed by atoms with Crippen molar-refractivity contribution in [2.24, 2.45) is 11.0 Å². The Labute approximate surface area is 153 Å². The van der Waals surface area contributed by atoms with Crippen LogP contribution in [0.1, 0.15) is 25.7 Å². The van der Waals surface area contributed by atoms with E-state index >= 15 is 0 Å². The van der Waals surface area contributed by atoms with Crippen LogP contribution in [0.15, 0.2) is 5.11 Å². The molecule has 1 rings (SSSR count). The number of azide groups is 1. The highest BCUT2D eigenvalue weighted by Crippen LogP contribution is 2.24. The number of ether oxygens (including phenoxy) is 4. The van der Waals surface area contributed by atoms with Gasteiger partial charge in [0.05, 0.1) is 46.2 Å². The molecule has 1 amide bonds. The zero-order valence-electron chi connectivity index (χ0n) is 15.2. The number of carbonyl (C=O) groups is 1. The van der Waals surface area contributed by atoms with E-state index in [0.717, 1.165) is 25.7 Å². The van der Waals surface area contributed by atoms with Crippen molar-refractivity contribution >= 4 is 6.09 Å².